The lowest BCUT2D eigenvalue weighted by atomic mass is 10.0. The van der Waals surface area contributed by atoms with Crippen LogP contribution in [-0.4, -0.2) is 4.40 Å². The molecule has 0 unspecified atom stereocenters. The molecule has 0 spiro atoms. The second-order valence-corrected chi connectivity index (χ2v) is 4.89. The fourth-order valence-electron chi connectivity index (χ4n) is 2.74. The molecule has 0 atom stereocenters. The van der Waals surface area contributed by atoms with Crippen LogP contribution in [0.5, 0.6) is 0 Å². The summed E-state index contributed by atoms with van der Waals surface area (Å²) in [5.41, 5.74) is 4.32. The zero-order valence-electron chi connectivity index (χ0n) is 10.8. The second kappa shape index (κ2) is 4.20. The van der Waals surface area contributed by atoms with Gasteiger partial charge >= 0.3 is 0 Å². The number of aromatic nitrogens is 1. The Labute approximate surface area is 115 Å². The van der Waals surface area contributed by atoms with Crippen LogP contribution in [0.4, 0.5) is 4.39 Å². The molecule has 0 N–H and O–H groups in total. The Balaban J connectivity index is 2.15. The minimum Gasteiger partial charge on any atom is -0.316 e. The van der Waals surface area contributed by atoms with E-state index in [0.717, 1.165) is 22.0 Å². The van der Waals surface area contributed by atoms with Crippen molar-refractivity contribution < 1.29 is 4.39 Å². The van der Waals surface area contributed by atoms with Gasteiger partial charge < -0.3 is 4.40 Å². The van der Waals surface area contributed by atoms with Crippen molar-refractivity contribution in [2.75, 3.05) is 0 Å². The van der Waals surface area contributed by atoms with E-state index in [9.17, 15) is 4.39 Å². The molecule has 2 heteroatoms. The average molecular weight is 261 g/mol. The van der Waals surface area contributed by atoms with Crippen LogP contribution in [-0.2, 0) is 0 Å². The highest BCUT2D eigenvalue weighted by Crippen LogP contribution is 2.30. The van der Waals surface area contributed by atoms with Crippen LogP contribution in [0.3, 0.4) is 0 Å². The van der Waals surface area contributed by atoms with Crippen LogP contribution >= 0.6 is 0 Å². The number of rotatable bonds is 1. The molecule has 2 aromatic carbocycles. The molecule has 4 aromatic rings. The lowest BCUT2D eigenvalue weighted by Crippen LogP contribution is -1.91. The van der Waals surface area contributed by atoms with Gasteiger partial charge in [-0.2, -0.15) is 0 Å². The fraction of sp³-hybridized carbons (Fsp3) is 0. The molecule has 0 bridgehead atoms. The van der Waals surface area contributed by atoms with Gasteiger partial charge in [-0.3, -0.25) is 0 Å². The van der Waals surface area contributed by atoms with Crippen LogP contribution in [0.2, 0.25) is 0 Å². The number of benzene rings is 2. The maximum absolute atomic E-state index is 13.5. The quantitative estimate of drug-likeness (QED) is 0.459. The SMILES string of the molecule is Fc1ccc2cc(-c3ccccc3)c3cccn3c2c1. The topological polar surface area (TPSA) is 4.41 Å². The van der Waals surface area contributed by atoms with Gasteiger partial charge in [0.05, 0.1) is 11.0 Å². The summed E-state index contributed by atoms with van der Waals surface area (Å²) in [5, 5.41) is 1.04. The molecule has 0 aliphatic rings. The largest absolute Gasteiger partial charge is 0.316 e. The minimum absolute atomic E-state index is 0.208. The summed E-state index contributed by atoms with van der Waals surface area (Å²) in [4.78, 5) is 0. The molecule has 96 valence electrons. The number of hydrogen-bond donors (Lipinski definition) is 0. The van der Waals surface area contributed by atoms with Crippen LogP contribution in [0, 0.1) is 5.82 Å². The summed E-state index contributed by atoms with van der Waals surface area (Å²) in [6.45, 7) is 0. The molecule has 0 aliphatic carbocycles. The third-order valence-corrected chi connectivity index (χ3v) is 3.66. The van der Waals surface area contributed by atoms with Crippen molar-refractivity contribution in [1.29, 1.82) is 0 Å². The van der Waals surface area contributed by atoms with Crippen molar-refractivity contribution in [2.45, 2.75) is 0 Å². The first-order chi connectivity index (χ1) is 9.83. The molecule has 20 heavy (non-hydrogen) atoms. The summed E-state index contributed by atoms with van der Waals surface area (Å²) < 4.78 is 15.5. The fourth-order valence-corrected chi connectivity index (χ4v) is 2.74. The standard InChI is InChI=1S/C18H12FN/c19-15-9-8-14-11-16(13-5-2-1-3-6-13)17-7-4-10-20(17)18(14)12-15/h1-12H. The zero-order chi connectivity index (χ0) is 13.5. The molecule has 0 aliphatic heterocycles. The van der Waals surface area contributed by atoms with E-state index in [1.54, 1.807) is 6.07 Å². The van der Waals surface area contributed by atoms with Gasteiger partial charge in [-0.1, -0.05) is 30.3 Å². The average Bonchev–Trinajstić information content (AvgIpc) is 2.97. The predicted octanol–water partition coefficient (Wildman–Crippen LogP) is 4.90. The van der Waals surface area contributed by atoms with E-state index in [1.807, 2.05) is 40.9 Å². The van der Waals surface area contributed by atoms with E-state index >= 15 is 0 Å². The van der Waals surface area contributed by atoms with Gasteiger partial charge in [0.2, 0.25) is 0 Å². The summed E-state index contributed by atoms with van der Waals surface area (Å²) in [6.07, 6.45) is 1.98. The van der Waals surface area contributed by atoms with Crippen molar-refractivity contribution >= 4 is 16.4 Å². The highest BCUT2D eigenvalue weighted by atomic mass is 19.1. The van der Waals surface area contributed by atoms with Crippen LogP contribution < -0.4 is 0 Å². The van der Waals surface area contributed by atoms with Gasteiger partial charge in [-0.05, 0) is 47.3 Å². The van der Waals surface area contributed by atoms with Gasteiger partial charge in [0.15, 0.2) is 0 Å². The maximum atomic E-state index is 13.5. The highest BCUT2D eigenvalue weighted by molar-refractivity contribution is 5.93. The molecule has 0 radical (unpaired) electrons. The molecule has 2 heterocycles. The lowest BCUT2D eigenvalue weighted by molar-refractivity contribution is 0.629. The van der Waals surface area contributed by atoms with Gasteiger partial charge in [-0.25, -0.2) is 4.39 Å². The van der Waals surface area contributed by atoms with Crippen molar-refractivity contribution in [1.82, 2.24) is 4.40 Å². The number of nitrogens with zero attached hydrogens (tertiary/aromatic N) is 1. The van der Waals surface area contributed by atoms with E-state index in [-0.39, 0.29) is 5.82 Å². The Hall–Kier alpha value is -2.61. The number of pyridine rings is 1. The first-order valence-corrected chi connectivity index (χ1v) is 6.58. The molecule has 0 saturated heterocycles. The number of fused-ring (bicyclic) bond motifs is 3. The van der Waals surface area contributed by atoms with Crippen LogP contribution in [0.1, 0.15) is 0 Å². The predicted molar refractivity (Wildman–Crippen MR) is 80.3 cm³/mol. The monoisotopic (exact) mass is 261 g/mol. The first kappa shape index (κ1) is 11.2. The Morgan fingerprint density at radius 2 is 1.60 bits per heavy atom. The van der Waals surface area contributed by atoms with Crippen molar-refractivity contribution in [2.24, 2.45) is 0 Å². The van der Waals surface area contributed by atoms with E-state index in [1.165, 1.54) is 11.6 Å². The number of hydrogen-bond acceptors (Lipinski definition) is 0. The van der Waals surface area contributed by atoms with Crippen molar-refractivity contribution in [3.8, 4) is 11.1 Å². The zero-order valence-corrected chi connectivity index (χ0v) is 10.8. The van der Waals surface area contributed by atoms with Crippen molar-refractivity contribution in [3.63, 3.8) is 0 Å². The maximum Gasteiger partial charge on any atom is 0.125 e. The summed E-state index contributed by atoms with van der Waals surface area (Å²) in [5.74, 6) is -0.208. The Kier molecular flexibility index (Phi) is 2.36. The van der Waals surface area contributed by atoms with E-state index in [4.69, 9.17) is 0 Å². The molecule has 0 saturated carbocycles. The molecule has 0 fully saturated rings. The Morgan fingerprint density at radius 3 is 2.45 bits per heavy atom. The molecule has 1 nitrogen and oxygen atoms in total. The van der Waals surface area contributed by atoms with E-state index in [0.29, 0.717) is 0 Å². The van der Waals surface area contributed by atoms with Crippen LogP contribution in [0.25, 0.3) is 27.5 Å². The molecule has 0 amide bonds. The van der Waals surface area contributed by atoms with Crippen LogP contribution in [0.15, 0.2) is 72.9 Å². The minimum atomic E-state index is -0.208. The van der Waals surface area contributed by atoms with Gasteiger partial charge in [0, 0.05) is 11.8 Å². The van der Waals surface area contributed by atoms with Gasteiger partial charge in [-0.15, -0.1) is 0 Å². The normalized spacial score (nSPS) is 11.2. The van der Waals surface area contributed by atoms with Gasteiger partial charge in [0.25, 0.3) is 0 Å². The lowest BCUT2D eigenvalue weighted by Gasteiger charge is -2.09. The molecule has 4 rings (SSSR count). The third-order valence-electron chi connectivity index (χ3n) is 3.66. The highest BCUT2D eigenvalue weighted by Gasteiger charge is 2.08. The van der Waals surface area contributed by atoms with E-state index < -0.39 is 0 Å². The Morgan fingerprint density at radius 1 is 0.750 bits per heavy atom. The third kappa shape index (κ3) is 1.62. The Bertz CT molecular complexity index is 907. The van der Waals surface area contributed by atoms with E-state index in [2.05, 4.69) is 24.3 Å². The summed E-state index contributed by atoms with van der Waals surface area (Å²) in [6, 6.07) is 21.4. The molecular weight excluding hydrogens is 249 g/mol. The van der Waals surface area contributed by atoms with Crippen molar-refractivity contribution in [3.05, 3.63) is 78.7 Å². The second-order valence-electron chi connectivity index (χ2n) is 4.89. The summed E-state index contributed by atoms with van der Waals surface area (Å²) >= 11 is 0. The summed E-state index contributed by atoms with van der Waals surface area (Å²) in [7, 11) is 0. The van der Waals surface area contributed by atoms with Gasteiger partial charge in [0.1, 0.15) is 5.82 Å². The first-order valence-electron chi connectivity index (χ1n) is 6.58. The molecule has 2 aromatic heterocycles. The number of halogens is 1. The molecular formula is C18H12FN. The smallest absolute Gasteiger partial charge is 0.125 e.